The molecule has 8 nitrogen and oxygen atoms in total. The van der Waals surface area contributed by atoms with Crippen LogP contribution in [-0.4, -0.2) is 62.4 Å². The molecular weight excluding hydrogens is 460 g/mol. The normalized spacial score (nSPS) is 23.4. The Morgan fingerprint density at radius 1 is 1.26 bits per heavy atom. The first-order valence-corrected chi connectivity index (χ1v) is 13.6. The summed E-state index contributed by atoms with van der Waals surface area (Å²) < 4.78 is 1.96. The van der Waals surface area contributed by atoms with E-state index in [1.165, 1.54) is 5.56 Å². The number of fused-ring (bicyclic) bond motifs is 1. The lowest BCUT2D eigenvalue weighted by Crippen LogP contribution is -2.63. The number of carbonyl (C=O) groups excluding carboxylic acids is 1. The Balaban J connectivity index is 1.07. The molecule has 3 aromatic rings. The van der Waals surface area contributed by atoms with Crippen molar-refractivity contribution in [2.75, 3.05) is 25.0 Å². The quantitative estimate of drug-likeness (QED) is 0.442. The first kappa shape index (κ1) is 24.2. The molecule has 1 saturated heterocycles. The number of carbonyl (C=O) groups is 1. The number of amides is 1. The molecule has 3 heterocycles. The first-order valence-electron chi connectivity index (χ1n) is 12.8. The molecule has 1 amide bonds. The zero-order valence-corrected chi connectivity index (χ0v) is 21.7. The molecular formula is C26H36N6O2S. The van der Waals surface area contributed by atoms with Gasteiger partial charge in [0, 0.05) is 37.3 Å². The predicted molar refractivity (Wildman–Crippen MR) is 140 cm³/mol. The van der Waals surface area contributed by atoms with E-state index in [0.717, 1.165) is 78.3 Å². The van der Waals surface area contributed by atoms with Crippen molar-refractivity contribution in [3.8, 4) is 0 Å². The molecule has 0 spiro atoms. The fourth-order valence-corrected chi connectivity index (χ4v) is 6.39. The second kappa shape index (κ2) is 9.87. The summed E-state index contributed by atoms with van der Waals surface area (Å²) in [7, 11) is 0. The minimum atomic E-state index is -0.723. The maximum atomic E-state index is 12.6. The van der Waals surface area contributed by atoms with Crippen LogP contribution in [-0.2, 0) is 23.4 Å². The number of rotatable bonds is 8. The number of aryl methyl sites for hydroxylation is 3. The number of nitrogens with one attached hydrogen (secondary N) is 2. The van der Waals surface area contributed by atoms with Crippen molar-refractivity contribution in [2.24, 2.45) is 0 Å². The predicted octanol–water partition coefficient (Wildman–Crippen LogP) is 3.43. The van der Waals surface area contributed by atoms with E-state index in [0.29, 0.717) is 6.04 Å². The summed E-state index contributed by atoms with van der Waals surface area (Å²) in [5.74, 6) is 0.758. The van der Waals surface area contributed by atoms with Crippen molar-refractivity contribution in [1.82, 2.24) is 25.0 Å². The van der Waals surface area contributed by atoms with Crippen LogP contribution in [0.1, 0.15) is 55.0 Å². The summed E-state index contributed by atoms with van der Waals surface area (Å²) in [6.45, 7) is 8.99. The van der Waals surface area contributed by atoms with Crippen molar-refractivity contribution in [3.05, 3.63) is 39.8 Å². The van der Waals surface area contributed by atoms with Crippen molar-refractivity contribution < 1.29 is 9.90 Å². The molecule has 2 fully saturated rings. The van der Waals surface area contributed by atoms with Gasteiger partial charge in [0.1, 0.15) is 5.60 Å². The van der Waals surface area contributed by atoms with Gasteiger partial charge in [-0.3, -0.25) is 14.4 Å². The number of hydrogen-bond donors (Lipinski definition) is 3. The van der Waals surface area contributed by atoms with Crippen LogP contribution >= 0.6 is 11.3 Å². The van der Waals surface area contributed by atoms with Crippen LogP contribution in [0.15, 0.2) is 24.4 Å². The van der Waals surface area contributed by atoms with Crippen LogP contribution < -0.4 is 10.6 Å². The van der Waals surface area contributed by atoms with Gasteiger partial charge in [-0.1, -0.05) is 18.6 Å². The van der Waals surface area contributed by atoms with Gasteiger partial charge in [0.2, 0.25) is 5.91 Å². The van der Waals surface area contributed by atoms with E-state index < -0.39 is 5.60 Å². The van der Waals surface area contributed by atoms with E-state index >= 15 is 0 Å². The molecule has 5 rings (SSSR count). The summed E-state index contributed by atoms with van der Waals surface area (Å²) in [5.41, 5.74) is 1.53. The Hall–Kier alpha value is -2.49. The average Bonchev–Trinajstić information content (AvgIpc) is 3.45. The number of aromatic nitrogens is 3. The molecule has 188 valence electrons. The highest BCUT2D eigenvalue weighted by Crippen LogP contribution is 2.41. The number of hydrogen-bond acceptors (Lipinski definition) is 7. The summed E-state index contributed by atoms with van der Waals surface area (Å²) in [4.78, 5) is 20.5. The van der Waals surface area contributed by atoms with Crippen molar-refractivity contribution in [2.45, 2.75) is 77.1 Å². The number of anilines is 1. The second-order valence-corrected chi connectivity index (χ2v) is 11.1. The molecule has 35 heavy (non-hydrogen) atoms. The molecule has 1 saturated carbocycles. The molecule has 0 radical (unpaired) electrons. The van der Waals surface area contributed by atoms with E-state index in [-0.39, 0.29) is 18.5 Å². The van der Waals surface area contributed by atoms with Gasteiger partial charge in [-0.2, -0.15) is 5.10 Å². The highest BCUT2D eigenvalue weighted by molar-refractivity contribution is 7.11. The van der Waals surface area contributed by atoms with Crippen LogP contribution in [0.2, 0.25) is 0 Å². The molecule has 1 aromatic carbocycles. The molecule has 2 aliphatic rings. The van der Waals surface area contributed by atoms with Gasteiger partial charge in [0.05, 0.1) is 28.0 Å². The number of aliphatic hydroxyl groups is 1. The van der Waals surface area contributed by atoms with Gasteiger partial charge >= 0.3 is 0 Å². The van der Waals surface area contributed by atoms with Crippen LogP contribution in [0.25, 0.3) is 10.9 Å². The minimum absolute atomic E-state index is 0.00329. The van der Waals surface area contributed by atoms with Crippen molar-refractivity contribution in [1.29, 1.82) is 0 Å². The van der Waals surface area contributed by atoms with E-state index in [9.17, 15) is 9.90 Å². The molecule has 0 bridgehead atoms. The van der Waals surface area contributed by atoms with E-state index in [1.54, 1.807) is 11.3 Å². The van der Waals surface area contributed by atoms with E-state index in [1.807, 2.05) is 10.9 Å². The van der Waals surface area contributed by atoms with Crippen molar-refractivity contribution in [3.63, 3.8) is 0 Å². The number of likely N-dealkylation sites (tertiary alicyclic amines) is 1. The monoisotopic (exact) mass is 496 g/mol. The van der Waals surface area contributed by atoms with Gasteiger partial charge < -0.3 is 15.7 Å². The molecule has 9 heteroatoms. The largest absolute Gasteiger partial charge is 0.384 e. The summed E-state index contributed by atoms with van der Waals surface area (Å²) in [6.07, 6.45) is 6.29. The molecule has 1 aliphatic heterocycles. The van der Waals surface area contributed by atoms with Crippen LogP contribution in [0.5, 0.6) is 0 Å². The summed E-state index contributed by atoms with van der Waals surface area (Å²) >= 11 is 1.65. The molecule has 1 aliphatic carbocycles. The maximum absolute atomic E-state index is 12.6. The molecule has 3 N–H and O–H groups in total. The zero-order chi connectivity index (χ0) is 24.6. The van der Waals surface area contributed by atoms with Gasteiger partial charge in [0.25, 0.3) is 0 Å². The van der Waals surface area contributed by atoms with Crippen LogP contribution in [0, 0.1) is 6.92 Å². The van der Waals surface area contributed by atoms with Gasteiger partial charge in [-0.05, 0) is 58.1 Å². The molecule has 2 aromatic heterocycles. The maximum Gasteiger partial charge on any atom is 0.239 e. The number of thiazole rings is 1. The van der Waals surface area contributed by atoms with Gasteiger partial charge in [0.15, 0.2) is 5.82 Å². The first-order chi connectivity index (χ1) is 16.9. The van der Waals surface area contributed by atoms with Crippen molar-refractivity contribution >= 4 is 34.0 Å². The minimum Gasteiger partial charge on any atom is -0.384 e. The Kier molecular flexibility index (Phi) is 6.83. The third-order valence-electron chi connectivity index (χ3n) is 7.51. The summed E-state index contributed by atoms with van der Waals surface area (Å²) in [5, 5.41) is 24.3. The highest BCUT2D eigenvalue weighted by atomic mass is 32.1. The lowest BCUT2D eigenvalue weighted by Gasteiger charge is -2.48. The second-order valence-electron chi connectivity index (χ2n) is 9.99. The average molecular weight is 497 g/mol. The highest BCUT2D eigenvalue weighted by Gasteiger charge is 2.41. The van der Waals surface area contributed by atoms with E-state index in [4.69, 9.17) is 0 Å². The Morgan fingerprint density at radius 2 is 2.03 bits per heavy atom. The lowest BCUT2D eigenvalue weighted by atomic mass is 9.80. The van der Waals surface area contributed by atoms with Crippen LogP contribution in [0.3, 0.4) is 0 Å². The summed E-state index contributed by atoms with van der Waals surface area (Å²) in [6, 6.07) is 6.95. The third kappa shape index (κ3) is 4.94. The fraction of sp³-hybridized carbons (Fsp3) is 0.577. The molecule has 0 atom stereocenters. The smallest absolute Gasteiger partial charge is 0.239 e. The van der Waals surface area contributed by atoms with E-state index in [2.05, 4.69) is 64.6 Å². The SMILES string of the molecule is CCc1ncc(C2(O)CCC(N3CC(NC(=O)CNc4nn(CC)c5ccc(C)cc45)C3)CC2)s1. The standard InChI is InChI=1S/C26H36N6O2S/c1-4-24-27-13-22(35-24)26(34)10-8-19(9-11-26)31-15-18(16-31)29-23(33)14-28-25-20-12-17(3)6-7-21(20)32(5-2)30-25/h6-7,12-13,18-19,34H,4-5,8-11,14-16H2,1-3H3,(H,28,30)(H,29,33). The number of nitrogens with zero attached hydrogens (tertiary/aromatic N) is 4. The molecule has 0 unspecified atom stereocenters. The Bertz CT molecular complexity index is 1190. The lowest BCUT2D eigenvalue weighted by molar-refractivity contribution is -0.121. The fourth-order valence-electron chi connectivity index (χ4n) is 5.39. The Morgan fingerprint density at radius 3 is 2.71 bits per heavy atom. The van der Waals surface area contributed by atoms with Gasteiger partial charge in [-0.15, -0.1) is 11.3 Å². The van der Waals surface area contributed by atoms with Crippen LogP contribution in [0.4, 0.5) is 5.82 Å². The third-order valence-corrected chi connectivity index (χ3v) is 8.85. The van der Waals surface area contributed by atoms with Gasteiger partial charge in [-0.25, -0.2) is 4.98 Å². The Labute approximate surface area is 210 Å². The zero-order valence-electron chi connectivity index (χ0n) is 20.9. The number of benzene rings is 1. The topological polar surface area (TPSA) is 95.3 Å².